The van der Waals surface area contributed by atoms with Crippen LogP contribution in [0.15, 0.2) is 60.4 Å². The lowest BCUT2D eigenvalue weighted by Gasteiger charge is -2.05. The van der Waals surface area contributed by atoms with Gasteiger partial charge >= 0.3 is 5.97 Å². The van der Waals surface area contributed by atoms with E-state index < -0.39 is 24.2 Å². The molecule has 0 fully saturated rings. The van der Waals surface area contributed by atoms with Crippen LogP contribution in [0.25, 0.3) is 22.7 Å². The molecule has 0 radical (unpaired) electrons. The van der Waals surface area contributed by atoms with E-state index in [1.807, 2.05) is 24.3 Å². The minimum Gasteiger partial charge on any atom is -0.507 e. The highest BCUT2D eigenvalue weighted by atomic mass is 19.1. The van der Waals surface area contributed by atoms with E-state index >= 15 is 0 Å². The second-order valence-electron chi connectivity index (χ2n) is 5.88. The molecule has 28 heavy (non-hydrogen) atoms. The van der Waals surface area contributed by atoms with E-state index in [4.69, 9.17) is 4.74 Å². The van der Waals surface area contributed by atoms with Gasteiger partial charge in [-0.3, -0.25) is 0 Å². The first-order valence-corrected chi connectivity index (χ1v) is 8.34. The second-order valence-corrected chi connectivity index (χ2v) is 5.88. The van der Waals surface area contributed by atoms with Crippen molar-refractivity contribution in [3.8, 4) is 6.07 Å². The van der Waals surface area contributed by atoms with E-state index in [1.165, 1.54) is 24.3 Å². The fraction of sp³-hybridized carbons (Fsp3) is 0.0952. The van der Waals surface area contributed by atoms with Crippen LogP contribution in [0.5, 0.6) is 0 Å². The van der Waals surface area contributed by atoms with Gasteiger partial charge in [0.25, 0.3) is 0 Å². The molecule has 0 aliphatic rings. The van der Waals surface area contributed by atoms with E-state index in [1.54, 1.807) is 23.7 Å². The molecule has 1 aromatic heterocycles. The van der Waals surface area contributed by atoms with Crippen molar-refractivity contribution < 1.29 is 19.0 Å². The topological polar surface area (TPSA) is 88.1 Å². The molecule has 0 spiro atoms. The molecule has 1 N–H and O–H groups in total. The number of benzene rings is 2. The first-order chi connectivity index (χ1) is 13.5. The summed E-state index contributed by atoms with van der Waals surface area (Å²) in [6, 6.07) is 15.1. The number of nitrogens with zero attached hydrogens (tertiary/aromatic N) is 3. The third-order valence-electron chi connectivity index (χ3n) is 4.07. The zero-order chi connectivity index (χ0) is 20.1. The lowest BCUT2D eigenvalue weighted by Crippen LogP contribution is -2.07. The van der Waals surface area contributed by atoms with E-state index in [0.717, 1.165) is 11.6 Å². The Balaban J connectivity index is 1.76. The number of aryl methyl sites for hydroxylation is 1. The molecule has 0 bridgehead atoms. The monoisotopic (exact) mass is 377 g/mol. The summed E-state index contributed by atoms with van der Waals surface area (Å²) in [5.41, 5.74) is 1.61. The van der Waals surface area contributed by atoms with Crippen LogP contribution in [0.2, 0.25) is 0 Å². The first-order valence-electron chi connectivity index (χ1n) is 8.34. The number of aliphatic hydroxyl groups is 1. The lowest BCUT2D eigenvalue weighted by molar-refractivity contribution is -0.137. The van der Waals surface area contributed by atoms with E-state index in [2.05, 4.69) is 4.98 Å². The summed E-state index contributed by atoms with van der Waals surface area (Å²) < 4.78 is 20.1. The van der Waals surface area contributed by atoms with Gasteiger partial charge in [0, 0.05) is 18.7 Å². The van der Waals surface area contributed by atoms with Crippen LogP contribution in [0, 0.1) is 17.1 Å². The van der Waals surface area contributed by atoms with E-state index in [0.29, 0.717) is 5.52 Å². The smallest absolute Gasteiger partial charge is 0.331 e. The van der Waals surface area contributed by atoms with Crippen molar-refractivity contribution in [2.24, 2.45) is 7.05 Å². The van der Waals surface area contributed by atoms with Crippen LogP contribution in [-0.4, -0.2) is 27.2 Å². The molecule has 1 heterocycles. The Kier molecular flexibility index (Phi) is 5.51. The van der Waals surface area contributed by atoms with Crippen molar-refractivity contribution in [1.29, 1.82) is 5.26 Å². The van der Waals surface area contributed by atoms with Gasteiger partial charge in [0.1, 0.15) is 24.1 Å². The van der Waals surface area contributed by atoms with Gasteiger partial charge < -0.3 is 14.4 Å². The molecule has 6 nitrogen and oxygen atoms in total. The maximum absolute atomic E-state index is 13.5. The minimum absolute atomic E-state index is 0.0930. The molecular weight excluding hydrogens is 361 g/mol. The number of imidazole rings is 1. The Hall–Kier alpha value is -3.92. The summed E-state index contributed by atoms with van der Waals surface area (Å²) in [4.78, 5) is 16.2. The van der Waals surface area contributed by atoms with Gasteiger partial charge in [-0.25, -0.2) is 14.2 Å². The van der Waals surface area contributed by atoms with Crippen molar-refractivity contribution >= 4 is 28.7 Å². The van der Waals surface area contributed by atoms with E-state index in [-0.39, 0.29) is 17.0 Å². The zero-order valence-electron chi connectivity index (χ0n) is 15.0. The number of aromatic nitrogens is 2. The van der Waals surface area contributed by atoms with Crippen molar-refractivity contribution in [2.75, 3.05) is 6.61 Å². The van der Waals surface area contributed by atoms with Gasteiger partial charge in [0.05, 0.1) is 11.0 Å². The minimum atomic E-state index is -0.780. The fourth-order valence-corrected chi connectivity index (χ4v) is 2.64. The predicted molar refractivity (Wildman–Crippen MR) is 102 cm³/mol. The Labute approximate surface area is 160 Å². The normalized spacial score (nSPS) is 12.0. The molecular formula is C21H16FN3O3. The second kappa shape index (κ2) is 8.18. The maximum Gasteiger partial charge on any atom is 0.331 e. The number of aliphatic hydroxyl groups excluding tert-OH is 1. The Morgan fingerprint density at radius 3 is 2.71 bits per heavy atom. The van der Waals surface area contributed by atoms with Gasteiger partial charge in [-0.05, 0) is 24.3 Å². The van der Waals surface area contributed by atoms with Gasteiger partial charge in [-0.15, -0.1) is 0 Å². The highest BCUT2D eigenvalue weighted by Crippen LogP contribution is 2.22. The van der Waals surface area contributed by atoms with Gasteiger partial charge in [-0.2, -0.15) is 5.26 Å². The van der Waals surface area contributed by atoms with Crippen LogP contribution in [0.3, 0.4) is 0 Å². The van der Waals surface area contributed by atoms with Gasteiger partial charge in [-0.1, -0.05) is 30.3 Å². The van der Waals surface area contributed by atoms with Crippen LogP contribution < -0.4 is 0 Å². The molecule has 0 unspecified atom stereocenters. The number of halogens is 1. The number of hydrogen-bond donors (Lipinski definition) is 1. The molecule has 0 amide bonds. The predicted octanol–water partition coefficient (Wildman–Crippen LogP) is 3.76. The average Bonchev–Trinajstić information content (AvgIpc) is 3.03. The molecule has 3 rings (SSSR count). The Morgan fingerprint density at radius 2 is 2.00 bits per heavy atom. The summed E-state index contributed by atoms with van der Waals surface area (Å²) in [5, 5.41) is 19.7. The van der Waals surface area contributed by atoms with E-state index in [9.17, 15) is 19.6 Å². The van der Waals surface area contributed by atoms with Crippen LogP contribution in [0.4, 0.5) is 4.39 Å². The summed E-state index contributed by atoms with van der Waals surface area (Å²) >= 11 is 0. The molecule has 3 aromatic rings. The number of nitriles is 1. The van der Waals surface area contributed by atoms with Crippen molar-refractivity contribution in [2.45, 2.75) is 0 Å². The number of fused-ring (bicyclic) bond motifs is 1. The van der Waals surface area contributed by atoms with Crippen LogP contribution in [-0.2, 0) is 16.6 Å². The molecule has 0 atom stereocenters. The molecule has 0 saturated heterocycles. The van der Waals surface area contributed by atoms with Crippen molar-refractivity contribution in [1.82, 2.24) is 9.55 Å². The largest absolute Gasteiger partial charge is 0.507 e. The number of carbonyl (C=O) groups excluding carboxylic acids is 1. The molecule has 0 aliphatic carbocycles. The lowest BCUT2D eigenvalue weighted by atomic mass is 10.2. The molecule has 0 aliphatic heterocycles. The number of allylic oxidation sites excluding steroid dienone is 1. The van der Waals surface area contributed by atoms with Crippen LogP contribution >= 0.6 is 0 Å². The first kappa shape index (κ1) is 18.9. The SMILES string of the molecule is Cn1c(/C(C#N)=C(\O)COC(=O)/C=C/c2ccccc2F)nc2ccccc21. The fourth-order valence-electron chi connectivity index (χ4n) is 2.64. The molecule has 0 saturated carbocycles. The third kappa shape index (κ3) is 3.91. The Morgan fingerprint density at radius 1 is 1.29 bits per heavy atom. The quantitative estimate of drug-likeness (QED) is 0.317. The number of carbonyl (C=O) groups is 1. The zero-order valence-corrected chi connectivity index (χ0v) is 15.0. The standard InChI is InChI=1S/C21H16FN3O3/c1-25-18-9-5-4-8-17(18)24-21(25)15(12-23)19(26)13-28-20(27)11-10-14-6-2-3-7-16(14)22/h2-11,26H,13H2,1H3/b11-10+,19-15-. The summed E-state index contributed by atoms with van der Waals surface area (Å²) in [7, 11) is 1.72. The van der Waals surface area contributed by atoms with Gasteiger partial charge in [0.15, 0.2) is 11.6 Å². The average molecular weight is 377 g/mol. The van der Waals surface area contributed by atoms with Crippen LogP contribution in [0.1, 0.15) is 11.4 Å². The summed E-state index contributed by atoms with van der Waals surface area (Å²) in [6.45, 7) is -0.507. The maximum atomic E-state index is 13.5. The molecule has 140 valence electrons. The number of hydrogen-bond acceptors (Lipinski definition) is 5. The molecule has 7 heteroatoms. The Bertz CT molecular complexity index is 1140. The summed E-state index contributed by atoms with van der Waals surface area (Å²) in [6.07, 6.45) is 2.32. The van der Waals surface area contributed by atoms with Crippen molar-refractivity contribution in [3.63, 3.8) is 0 Å². The highest BCUT2D eigenvalue weighted by molar-refractivity contribution is 5.87. The third-order valence-corrected chi connectivity index (χ3v) is 4.07. The number of rotatable bonds is 5. The van der Waals surface area contributed by atoms with Gasteiger partial charge in [0.2, 0.25) is 0 Å². The van der Waals surface area contributed by atoms with Crippen molar-refractivity contribution in [3.05, 3.63) is 77.6 Å². The highest BCUT2D eigenvalue weighted by Gasteiger charge is 2.17. The number of para-hydroxylation sites is 2. The molecule has 2 aromatic carbocycles. The summed E-state index contributed by atoms with van der Waals surface area (Å²) in [5.74, 6) is -1.41. The number of esters is 1. The number of ether oxygens (including phenoxy) is 1.